The number of hydrogen-bond donors (Lipinski definition) is 2. The molecular weight excluding hydrogens is 370 g/mol. The summed E-state index contributed by atoms with van der Waals surface area (Å²) in [7, 11) is 0. The molecule has 1 aromatic carbocycles. The highest BCUT2D eigenvalue weighted by atomic mass is 32.2. The van der Waals surface area contributed by atoms with Crippen molar-refractivity contribution in [3.05, 3.63) is 28.3 Å². The minimum absolute atomic E-state index is 0.0578. The Morgan fingerprint density at radius 1 is 1.04 bits per heavy atom. The number of anilines is 1. The molecule has 0 atom stereocenters. The van der Waals surface area contributed by atoms with E-state index < -0.39 is 0 Å². The third-order valence-electron chi connectivity index (χ3n) is 6.28. The standard InChI is InChI=1S/C22H31N3O2S/c1-14(2)21(26)25-11-9-17(10-12-25)28-24-22(27)23-20-18-7-3-5-15(18)13-16-6-4-8-19(16)20/h13-14,17H,3-12H2,1-2H3,(H2,23,24,27). The Kier molecular flexibility index (Phi) is 5.85. The minimum atomic E-state index is -0.111. The molecule has 1 fully saturated rings. The maximum absolute atomic E-state index is 12.6. The molecule has 0 unspecified atom stereocenters. The highest BCUT2D eigenvalue weighted by Crippen LogP contribution is 2.38. The van der Waals surface area contributed by atoms with Gasteiger partial charge in [-0.2, -0.15) is 0 Å². The topological polar surface area (TPSA) is 61.4 Å². The van der Waals surface area contributed by atoms with Crippen LogP contribution in [0.15, 0.2) is 6.07 Å². The number of likely N-dealkylation sites (tertiary alicyclic amines) is 1. The van der Waals surface area contributed by atoms with Crippen molar-refractivity contribution in [2.75, 3.05) is 18.4 Å². The number of carbonyl (C=O) groups excluding carboxylic acids is 2. The normalized spacial score (nSPS) is 18.9. The number of carbonyl (C=O) groups is 2. The molecule has 1 heterocycles. The fourth-order valence-corrected chi connectivity index (χ4v) is 5.57. The molecule has 28 heavy (non-hydrogen) atoms. The van der Waals surface area contributed by atoms with E-state index in [9.17, 15) is 9.59 Å². The summed E-state index contributed by atoms with van der Waals surface area (Å²) in [4.78, 5) is 26.7. The molecule has 152 valence electrons. The Hall–Kier alpha value is -1.69. The molecule has 5 nitrogen and oxygen atoms in total. The van der Waals surface area contributed by atoms with Crippen molar-refractivity contribution < 1.29 is 9.59 Å². The van der Waals surface area contributed by atoms with Gasteiger partial charge < -0.3 is 10.2 Å². The zero-order chi connectivity index (χ0) is 19.7. The second-order valence-electron chi connectivity index (χ2n) is 8.59. The predicted octanol–water partition coefficient (Wildman–Crippen LogP) is 4.08. The number of fused-ring (bicyclic) bond motifs is 2. The second kappa shape index (κ2) is 8.36. The first kappa shape index (κ1) is 19.6. The second-order valence-corrected chi connectivity index (χ2v) is 9.69. The summed E-state index contributed by atoms with van der Waals surface area (Å²) < 4.78 is 3.01. The van der Waals surface area contributed by atoms with Crippen LogP contribution < -0.4 is 10.0 Å². The molecule has 2 N–H and O–H groups in total. The van der Waals surface area contributed by atoms with E-state index in [-0.39, 0.29) is 17.9 Å². The van der Waals surface area contributed by atoms with Crippen LogP contribution in [-0.2, 0) is 30.5 Å². The highest BCUT2D eigenvalue weighted by molar-refractivity contribution is 7.98. The lowest BCUT2D eigenvalue weighted by Crippen LogP contribution is -2.42. The first-order valence-electron chi connectivity index (χ1n) is 10.7. The third-order valence-corrected chi connectivity index (χ3v) is 7.39. The first-order chi connectivity index (χ1) is 13.5. The molecule has 0 saturated carbocycles. The molecule has 6 heteroatoms. The third kappa shape index (κ3) is 4.02. The van der Waals surface area contributed by atoms with Crippen molar-refractivity contribution in [1.29, 1.82) is 0 Å². The number of amides is 3. The van der Waals surface area contributed by atoms with Gasteiger partial charge in [-0.05, 0) is 85.6 Å². The van der Waals surface area contributed by atoms with Crippen LogP contribution in [0.4, 0.5) is 10.5 Å². The molecule has 0 radical (unpaired) electrons. The van der Waals surface area contributed by atoms with Crippen molar-refractivity contribution >= 4 is 29.6 Å². The molecule has 1 aliphatic heterocycles. The zero-order valence-corrected chi connectivity index (χ0v) is 17.8. The van der Waals surface area contributed by atoms with Gasteiger partial charge in [0, 0.05) is 29.9 Å². The number of benzene rings is 1. The van der Waals surface area contributed by atoms with Crippen LogP contribution in [0.25, 0.3) is 0 Å². The highest BCUT2D eigenvalue weighted by Gasteiger charge is 2.27. The van der Waals surface area contributed by atoms with Crippen LogP contribution in [0.1, 0.15) is 61.8 Å². The fourth-order valence-electron chi connectivity index (χ4n) is 4.80. The van der Waals surface area contributed by atoms with E-state index in [1.165, 1.54) is 47.0 Å². The van der Waals surface area contributed by atoms with Gasteiger partial charge in [0.05, 0.1) is 0 Å². The Bertz CT molecular complexity index is 737. The number of urea groups is 1. The van der Waals surface area contributed by atoms with Crippen LogP contribution in [-0.4, -0.2) is 35.2 Å². The van der Waals surface area contributed by atoms with E-state index in [2.05, 4.69) is 16.1 Å². The number of piperidine rings is 1. The molecule has 2 aliphatic carbocycles. The molecule has 3 aliphatic rings. The van der Waals surface area contributed by atoms with E-state index in [0.717, 1.165) is 57.3 Å². The summed E-state index contributed by atoms with van der Waals surface area (Å²) in [6, 6.07) is 2.27. The Labute approximate surface area is 172 Å². The van der Waals surface area contributed by atoms with Gasteiger partial charge in [0.2, 0.25) is 5.91 Å². The van der Waals surface area contributed by atoms with Gasteiger partial charge in [-0.1, -0.05) is 19.9 Å². The van der Waals surface area contributed by atoms with Crippen molar-refractivity contribution in [1.82, 2.24) is 9.62 Å². The van der Waals surface area contributed by atoms with Gasteiger partial charge in [0.15, 0.2) is 0 Å². The lowest BCUT2D eigenvalue weighted by atomic mass is 9.99. The van der Waals surface area contributed by atoms with Gasteiger partial charge >= 0.3 is 6.03 Å². The summed E-state index contributed by atoms with van der Waals surface area (Å²) in [5.41, 5.74) is 6.69. The van der Waals surface area contributed by atoms with Crippen LogP contribution in [0.2, 0.25) is 0 Å². The Balaban J connectivity index is 1.31. The van der Waals surface area contributed by atoms with Crippen LogP contribution in [0.3, 0.4) is 0 Å². The first-order valence-corrected chi connectivity index (χ1v) is 11.6. The van der Waals surface area contributed by atoms with Gasteiger partial charge in [-0.3, -0.25) is 9.52 Å². The van der Waals surface area contributed by atoms with Crippen molar-refractivity contribution in [3.8, 4) is 0 Å². The van der Waals surface area contributed by atoms with E-state index in [1.54, 1.807) is 0 Å². The van der Waals surface area contributed by atoms with E-state index in [1.807, 2.05) is 18.7 Å². The lowest BCUT2D eigenvalue weighted by Gasteiger charge is -2.32. The number of hydrogen-bond acceptors (Lipinski definition) is 3. The van der Waals surface area contributed by atoms with Gasteiger partial charge in [-0.15, -0.1) is 0 Å². The van der Waals surface area contributed by atoms with Crippen molar-refractivity contribution in [2.45, 2.75) is 70.5 Å². The molecular formula is C22H31N3O2S. The van der Waals surface area contributed by atoms with Gasteiger partial charge in [0.25, 0.3) is 0 Å². The average Bonchev–Trinajstić information content (AvgIpc) is 3.35. The van der Waals surface area contributed by atoms with Gasteiger partial charge in [0.1, 0.15) is 0 Å². The largest absolute Gasteiger partial charge is 0.342 e. The SMILES string of the molecule is CC(C)C(=O)N1CCC(SNC(=O)Nc2c3c(cc4c2CCC4)CCC3)CC1. The maximum atomic E-state index is 12.6. The van der Waals surface area contributed by atoms with E-state index >= 15 is 0 Å². The maximum Gasteiger partial charge on any atom is 0.329 e. The molecule has 0 aromatic heterocycles. The number of rotatable bonds is 4. The smallest absolute Gasteiger partial charge is 0.329 e. The van der Waals surface area contributed by atoms with Crippen LogP contribution in [0.5, 0.6) is 0 Å². The predicted molar refractivity (Wildman–Crippen MR) is 115 cm³/mol. The van der Waals surface area contributed by atoms with E-state index in [4.69, 9.17) is 0 Å². The molecule has 3 amide bonds. The van der Waals surface area contributed by atoms with Crippen LogP contribution >= 0.6 is 11.9 Å². The molecule has 4 rings (SSSR count). The zero-order valence-electron chi connectivity index (χ0n) is 17.0. The number of aryl methyl sites for hydroxylation is 2. The van der Waals surface area contributed by atoms with E-state index in [0.29, 0.717) is 5.25 Å². The summed E-state index contributed by atoms with van der Waals surface area (Å²) in [5.74, 6) is 0.295. The Morgan fingerprint density at radius 2 is 1.64 bits per heavy atom. The minimum Gasteiger partial charge on any atom is -0.342 e. The number of nitrogens with one attached hydrogen (secondary N) is 2. The summed E-state index contributed by atoms with van der Waals surface area (Å²) in [5, 5.41) is 3.56. The molecule has 1 aromatic rings. The summed E-state index contributed by atoms with van der Waals surface area (Å²) >= 11 is 1.51. The Morgan fingerprint density at radius 3 is 2.21 bits per heavy atom. The van der Waals surface area contributed by atoms with Crippen LogP contribution in [0, 0.1) is 5.92 Å². The van der Waals surface area contributed by atoms with Crippen molar-refractivity contribution in [2.24, 2.45) is 5.92 Å². The number of nitrogens with zero attached hydrogens (tertiary/aromatic N) is 1. The average molecular weight is 402 g/mol. The molecule has 0 bridgehead atoms. The van der Waals surface area contributed by atoms with Gasteiger partial charge in [-0.25, -0.2) is 4.79 Å². The quantitative estimate of drug-likeness (QED) is 0.748. The summed E-state index contributed by atoms with van der Waals surface area (Å²) in [6.45, 7) is 5.48. The van der Waals surface area contributed by atoms with Crippen molar-refractivity contribution in [3.63, 3.8) is 0 Å². The molecule has 0 spiro atoms. The molecule has 1 saturated heterocycles. The lowest BCUT2D eigenvalue weighted by molar-refractivity contribution is -0.135. The monoisotopic (exact) mass is 401 g/mol. The fraction of sp³-hybridized carbons (Fsp3) is 0.636. The summed E-state index contributed by atoms with van der Waals surface area (Å²) in [6.07, 6.45) is 8.68.